The Morgan fingerprint density at radius 3 is 2.38 bits per heavy atom. The second kappa shape index (κ2) is 6.80. The van der Waals surface area contributed by atoms with Gasteiger partial charge in [-0.05, 0) is 43.8 Å². The second-order valence-corrected chi connectivity index (χ2v) is 6.54. The minimum Gasteiger partial charge on any atom is -0.316 e. The molecule has 0 amide bonds. The zero-order valence-corrected chi connectivity index (χ0v) is 12.9. The van der Waals surface area contributed by atoms with Gasteiger partial charge in [-0.2, -0.15) is 0 Å². The van der Waals surface area contributed by atoms with Crippen LogP contribution in [-0.2, 0) is 23.1 Å². The van der Waals surface area contributed by atoms with Gasteiger partial charge in [-0.15, -0.1) is 0 Å². The first-order valence-corrected chi connectivity index (χ1v) is 8.15. The summed E-state index contributed by atoms with van der Waals surface area (Å²) in [4.78, 5) is 4.53. The summed E-state index contributed by atoms with van der Waals surface area (Å²) in [7, 11) is -1.67. The summed E-state index contributed by atoms with van der Waals surface area (Å²) in [5.41, 5.74) is 2.60. The Bertz CT molecular complexity index is 697. The predicted octanol–water partition coefficient (Wildman–Crippen LogP) is 1.59. The van der Waals surface area contributed by atoms with Crippen LogP contribution in [0.1, 0.15) is 17.0 Å². The average molecular weight is 305 g/mol. The number of pyridine rings is 1. The largest absolute Gasteiger partial charge is 0.316 e. The summed E-state index contributed by atoms with van der Waals surface area (Å²) in [5.74, 6) is 0. The molecule has 112 valence electrons. The van der Waals surface area contributed by atoms with Crippen LogP contribution < -0.4 is 10.0 Å². The first kappa shape index (κ1) is 15.6. The van der Waals surface area contributed by atoms with Crippen molar-refractivity contribution in [3.05, 3.63) is 59.4 Å². The number of aromatic nitrogens is 1. The number of benzene rings is 1. The molecule has 0 saturated carbocycles. The molecule has 0 spiro atoms. The van der Waals surface area contributed by atoms with Crippen molar-refractivity contribution in [2.45, 2.75) is 24.9 Å². The van der Waals surface area contributed by atoms with Crippen LogP contribution in [0.3, 0.4) is 0 Å². The number of hydrogen-bond acceptors (Lipinski definition) is 4. The fourth-order valence-corrected chi connectivity index (χ4v) is 2.94. The second-order valence-electron chi connectivity index (χ2n) is 4.77. The van der Waals surface area contributed by atoms with Crippen LogP contribution in [0.15, 0.2) is 47.4 Å². The Hall–Kier alpha value is -1.76. The van der Waals surface area contributed by atoms with Crippen molar-refractivity contribution in [3.8, 4) is 0 Å². The van der Waals surface area contributed by atoms with E-state index in [9.17, 15) is 8.42 Å². The van der Waals surface area contributed by atoms with Gasteiger partial charge in [-0.25, -0.2) is 13.1 Å². The molecule has 2 N–H and O–H groups in total. The molecule has 2 aromatic rings. The average Bonchev–Trinajstić information content (AvgIpc) is 2.46. The number of hydrogen-bond donors (Lipinski definition) is 2. The molecule has 0 atom stereocenters. The molecule has 0 unspecified atom stereocenters. The topological polar surface area (TPSA) is 71.1 Å². The Morgan fingerprint density at radius 2 is 1.76 bits per heavy atom. The molecule has 1 aromatic heterocycles. The highest BCUT2D eigenvalue weighted by molar-refractivity contribution is 7.89. The van der Waals surface area contributed by atoms with Gasteiger partial charge >= 0.3 is 0 Å². The molecule has 1 heterocycles. The molecule has 0 fully saturated rings. The predicted molar refractivity (Wildman–Crippen MR) is 82.2 cm³/mol. The zero-order valence-electron chi connectivity index (χ0n) is 12.1. The summed E-state index contributed by atoms with van der Waals surface area (Å²) in [6.45, 7) is 2.77. The molecule has 0 saturated heterocycles. The van der Waals surface area contributed by atoms with Crippen LogP contribution in [0, 0.1) is 6.92 Å². The number of rotatable bonds is 6. The third-order valence-electron chi connectivity index (χ3n) is 3.00. The Kier molecular flexibility index (Phi) is 5.06. The van der Waals surface area contributed by atoms with Crippen molar-refractivity contribution in [1.29, 1.82) is 0 Å². The van der Waals surface area contributed by atoms with Crippen LogP contribution in [0.5, 0.6) is 0 Å². The van der Waals surface area contributed by atoms with Gasteiger partial charge in [0.05, 0.1) is 17.1 Å². The molecule has 6 heteroatoms. The summed E-state index contributed by atoms with van der Waals surface area (Å²) in [6, 6.07) is 12.4. The smallest absolute Gasteiger partial charge is 0.240 e. The van der Waals surface area contributed by atoms with Crippen molar-refractivity contribution >= 4 is 10.0 Å². The summed E-state index contributed by atoms with van der Waals surface area (Å²) >= 11 is 0. The third kappa shape index (κ3) is 4.35. The quantitative estimate of drug-likeness (QED) is 0.850. The van der Waals surface area contributed by atoms with Crippen LogP contribution in [0.4, 0.5) is 0 Å². The van der Waals surface area contributed by atoms with E-state index in [0.29, 0.717) is 12.2 Å². The van der Waals surface area contributed by atoms with E-state index in [1.54, 1.807) is 30.3 Å². The fourth-order valence-electron chi connectivity index (χ4n) is 1.94. The van der Waals surface area contributed by atoms with E-state index >= 15 is 0 Å². The molecule has 0 aliphatic heterocycles. The lowest BCUT2D eigenvalue weighted by Crippen LogP contribution is -2.23. The van der Waals surface area contributed by atoms with Crippen molar-refractivity contribution < 1.29 is 8.42 Å². The summed E-state index contributed by atoms with van der Waals surface area (Å²) in [6.07, 6.45) is 0. The monoisotopic (exact) mass is 305 g/mol. The van der Waals surface area contributed by atoms with E-state index in [2.05, 4.69) is 15.0 Å². The van der Waals surface area contributed by atoms with E-state index < -0.39 is 10.0 Å². The van der Waals surface area contributed by atoms with E-state index in [4.69, 9.17) is 0 Å². The molecular weight excluding hydrogens is 286 g/mol. The number of nitrogens with zero attached hydrogens (tertiary/aromatic N) is 1. The molecule has 0 bridgehead atoms. The lowest BCUT2D eigenvalue weighted by atomic mass is 10.2. The molecule has 0 aliphatic carbocycles. The first-order chi connectivity index (χ1) is 10.0. The normalized spacial score (nSPS) is 11.5. The van der Waals surface area contributed by atoms with E-state index in [-0.39, 0.29) is 11.4 Å². The third-order valence-corrected chi connectivity index (χ3v) is 4.42. The molecule has 21 heavy (non-hydrogen) atoms. The molecule has 0 radical (unpaired) electrons. The number of aryl methyl sites for hydroxylation is 1. The molecule has 1 aromatic carbocycles. The maximum atomic E-state index is 12.2. The number of nitrogens with one attached hydrogen (secondary N) is 2. The highest BCUT2D eigenvalue weighted by atomic mass is 32.2. The van der Waals surface area contributed by atoms with Crippen molar-refractivity contribution in [1.82, 2.24) is 15.0 Å². The molecule has 5 nitrogen and oxygen atoms in total. The lowest BCUT2D eigenvalue weighted by molar-refractivity contribution is 0.580. The van der Waals surface area contributed by atoms with Crippen LogP contribution >= 0.6 is 0 Å². The van der Waals surface area contributed by atoms with Gasteiger partial charge in [-0.3, -0.25) is 4.98 Å². The van der Waals surface area contributed by atoms with Crippen LogP contribution in [0.2, 0.25) is 0 Å². The van der Waals surface area contributed by atoms with E-state index in [1.165, 1.54) is 0 Å². The van der Waals surface area contributed by atoms with Gasteiger partial charge in [-0.1, -0.05) is 18.2 Å². The highest BCUT2D eigenvalue weighted by Gasteiger charge is 2.13. The van der Waals surface area contributed by atoms with Gasteiger partial charge in [0.1, 0.15) is 0 Å². The minimum atomic E-state index is -3.51. The van der Waals surface area contributed by atoms with Gasteiger partial charge in [0.2, 0.25) is 10.0 Å². The molecular formula is C15H19N3O2S. The van der Waals surface area contributed by atoms with Gasteiger partial charge in [0.25, 0.3) is 0 Å². The fraction of sp³-hybridized carbons (Fsp3) is 0.267. The van der Waals surface area contributed by atoms with E-state index in [1.807, 2.05) is 26.1 Å². The standard InChI is InChI=1S/C15H19N3O2S/c1-12-4-3-5-14(18-12)11-17-21(19,20)15-8-6-13(7-9-15)10-16-2/h3-9,16-17H,10-11H2,1-2H3. The summed E-state index contributed by atoms with van der Waals surface area (Å²) in [5, 5.41) is 3.02. The highest BCUT2D eigenvalue weighted by Crippen LogP contribution is 2.11. The van der Waals surface area contributed by atoms with Crippen LogP contribution in [-0.4, -0.2) is 20.4 Å². The van der Waals surface area contributed by atoms with Crippen molar-refractivity contribution in [3.63, 3.8) is 0 Å². The SMILES string of the molecule is CNCc1ccc(S(=O)(=O)NCc2cccc(C)n2)cc1. The van der Waals surface area contributed by atoms with Crippen molar-refractivity contribution in [2.24, 2.45) is 0 Å². The minimum absolute atomic E-state index is 0.183. The Balaban J connectivity index is 2.07. The Labute approximate surface area is 125 Å². The van der Waals surface area contributed by atoms with Crippen molar-refractivity contribution in [2.75, 3.05) is 7.05 Å². The molecule has 0 aliphatic rings. The lowest BCUT2D eigenvalue weighted by Gasteiger charge is -2.08. The van der Waals surface area contributed by atoms with Gasteiger partial charge in [0, 0.05) is 12.2 Å². The van der Waals surface area contributed by atoms with E-state index in [0.717, 1.165) is 11.3 Å². The molecule has 2 rings (SSSR count). The van der Waals surface area contributed by atoms with Gasteiger partial charge < -0.3 is 5.32 Å². The Morgan fingerprint density at radius 1 is 1.05 bits per heavy atom. The van der Waals surface area contributed by atoms with Gasteiger partial charge in [0.15, 0.2) is 0 Å². The zero-order chi connectivity index (χ0) is 15.3. The number of sulfonamides is 1. The first-order valence-electron chi connectivity index (χ1n) is 6.67. The summed E-state index contributed by atoms with van der Waals surface area (Å²) < 4.78 is 27.0. The maximum Gasteiger partial charge on any atom is 0.240 e. The van der Waals surface area contributed by atoms with Crippen LogP contribution in [0.25, 0.3) is 0 Å². The maximum absolute atomic E-state index is 12.2.